The summed E-state index contributed by atoms with van der Waals surface area (Å²) >= 11 is 2.04. The van der Waals surface area contributed by atoms with Gasteiger partial charge in [0.05, 0.1) is 3.57 Å². The van der Waals surface area contributed by atoms with E-state index in [0.717, 1.165) is 22.3 Å². The zero-order valence-electron chi connectivity index (χ0n) is 31.9. The molecule has 0 spiro atoms. The first-order valence-corrected chi connectivity index (χ1v) is 19.4. The molecule has 0 aliphatic heterocycles. The van der Waals surface area contributed by atoms with Crippen LogP contribution in [0.15, 0.2) is 146 Å². The SMILES string of the molecule is COC(OC)C(C(=O)c1c(OCc2ccccc2)cc(OCc2ccccc2)c(I)c1OC(C)=O)c1ccc(OCc2ccccc2)cc1OCc1ccccc1. The average molecular weight is 879 g/mol. The Kier molecular flexibility index (Phi) is 14.7. The fourth-order valence-electron chi connectivity index (χ4n) is 6.15. The van der Waals surface area contributed by atoms with E-state index in [0.29, 0.717) is 33.0 Å². The molecule has 0 fully saturated rings. The maximum absolute atomic E-state index is 15.4. The molecule has 1 unspecified atom stereocenters. The van der Waals surface area contributed by atoms with Crippen molar-refractivity contribution in [3.8, 4) is 28.7 Å². The van der Waals surface area contributed by atoms with Crippen molar-refractivity contribution >= 4 is 34.3 Å². The molecule has 0 aromatic heterocycles. The summed E-state index contributed by atoms with van der Waals surface area (Å²) in [4.78, 5) is 28.2. The molecule has 10 heteroatoms. The molecule has 0 heterocycles. The van der Waals surface area contributed by atoms with Crippen molar-refractivity contribution in [2.75, 3.05) is 14.2 Å². The first-order chi connectivity index (χ1) is 27.8. The summed E-state index contributed by atoms with van der Waals surface area (Å²) in [6, 6.07) is 45.7. The van der Waals surface area contributed by atoms with Crippen LogP contribution in [0.5, 0.6) is 28.7 Å². The highest BCUT2D eigenvalue weighted by Crippen LogP contribution is 2.45. The highest BCUT2D eigenvalue weighted by molar-refractivity contribution is 14.1. The first kappa shape index (κ1) is 41.0. The van der Waals surface area contributed by atoms with Crippen LogP contribution in [0.2, 0.25) is 0 Å². The number of methoxy groups -OCH3 is 2. The molecule has 0 bridgehead atoms. The van der Waals surface area contributed by atoms with Crippen LogP contribution in [0.3, 0.4) is 0 Å². The van der Waals surface area contributed by atoms with Crippen molar-refractivity contribution in [1.82, 2.24) is 0 Å². The van der Waals surface area contributed by atoms with Crippen molar-refractivity contribution in [2.45, 2.75) is 45.6 Å². The monoisotopic (exact) mass is 878 g/mol. The van der Waals surface area contributed by atoms with Crippen LogP contribution in [0.25, 0.3) is 0 Å². The molecule has 9 nitrogen and oxygen atoms in total. The Labute approximate surface area is 346 Å². The molecule has 6 rings (SSSR count). The van der Waals surface area contributed by atoms with E-state index >= 15 is 4.79 Å². The first-order valence-electron chi connectivity index (χ1n) is 18.3. The molecule has 0 amide bonds. The van der Waals surface area contributed by atoms with Gasteiger partial charge < -0.3 is 33.2 Å². The fraction of sp³-hybridized carbons (Fsp3) is 0.191. The molecular formula is C47H43IO9. The molecule has 6 aromatic carbocycles. The Morgan fingerprint density at radius 2 is 0.982 bits per heavy atom. The van der Waals surface area contributed by atoms with Crippen molar-refractivity contribution in [3.05, 3.63) is 183 Å². The lowest BCUT2D eigenvalue weighted by Gasteiger charge is -2.28. The number of rotatable bonds is 19. The third kappa shape index (κ3) is 11.0. The summed E-state index contributed by atoms with van der Waals surface area (Å²) in [5.74, 6) is -0.859. The topological polar surface area (TPSA) is 98.8 Å². The summed E-state index contributed by atoms with van der Waals surface area (Å²) < 4.78 is 43.4. The molecular weight excluding hydrogens is 835 g/mol. The fourth-order valence-corrected chi connectivity index (χ4v) is 6.84. The second-order valence-electron chi connectivity index (χ2n) is 13.0. The molecule has 6 aromatic rings. The number of ether oxygens (including phenoxy) is 7. The summed E-state index contributed by atoms with van der Waals surface area (Å²) in [5, 5.41) is 0. The number of esters is 1. The van der Waals surface area contributed by atoms with E-state index in [9.17, 15) is 4.79 Å². The highest BCUT2D eigenvalue weighted by atomic mass is 127. The van der Waals surface area contributed by atoms with E-state index < -0.39 is 24.0 Å². The van der Waals surface area contributed by atoms with Gasteiger partial charge in [-0.1, -0.05) is 127 Å². The second-order valence-corrected chi connectivity index (χ2v) is 14.0. The molecule has 0 N–H and O–H groups in total. The van der Waals surface area contributed by atoms with Gasteiger partial charge in [0, 0.05) is 38.8 Å². The average Bonchev–Trinajstić information content (AvgIpc) is 3.25. The van der Waals surface area contributed by atoms with E-state index in [-0.39, 0.29) is 36.9 Å². The standard InChI is InChI=1S/C47H43IO9/c1-32(49)57-46-43(40(55-30-35-20-12-6-13-21-35)27-41(44(46)48)56-31-36-22-14-7-15-23-36)45(50)42(47(51-2)52-3)38-25-24-37(53-28-33-16-8-4-9-17-33)26-39(38)54-29-34-18-10-5-11-19-34/h4-27,42,47H,28-31H2,1-3H3. The van der Waals surface area contributed by atoms with E-state index in [2.05, 4.69) is 0 Å². The summed E-state index contributed by atoms with van der Waals surface area (Å²) in [6.45, 7) is 2.14. The lowest BCUT2D eigenvalue weighted by atomic mass is 9.88. The maximum Gasteiger partial charge on any atom is 0.308 e. The smallest absolute Gasteiger partial charge is 0.308 e. The molecule has 0 aliphatic rings. The Bertz CT molecular complexity index is 2210. The van der Waals surface area contributed by atoms with E-state index in [1.165, 1.54) is 21.1 Å². The van der Waals surface area contributed by atoms with Gasteiger partial charge in [-0.25, -0.2) is 0 Å². The Hall–Kier alpha value is -5.69. The van der Waals surface area contributed by atoms with Crippen LogP contribution >= 0.6 is 22.6 Å². The van der Waals surface area contributed by atoms with Crippen LogP contribution in [0.1, 0.15) is 51.0 Å². The van der Waals surface area contributed by atoms with Gasteiger partial charge in [-0.05, 0) is 50.9 Å². The van der Waals surface area contributed by atoms with E-state index in [1.54, 1.807) is 24.3 Å². The number of carbonyl (C=O) groups is 2. The molecule has 1 atom stereocenters. The van der Waals surface area contributed by atoms with Crippen molar-refractivity contribution < 1.29 is 42.7 Å². The molecule has 292 valence electrons. The van der Waals surface area contributed by atoms with Crippen LogP contribution in [0, 0.1) is 3.57 Å². The quantitative estimate of drug-likeness (QED) is 0.0259. The Balaban J connectivity index is 1.47. The van der Waals surface area contributed by atoms with Crippen molar-refractivity contribution in [3.63, 3.8) is 0 Å². The van der Waals surface area contributed by atoms with Gasteiger partial charge >= 0.3 is 5.97 Å². The lowest BCUT2D eigenvalue weighted by molar-refractivity contribution is -0.131. The number of hydrogen-bond donors (Lipinski definition) is 0. The minimum atomic E-state index is -1.14. The Morgan fingerprint density at radius 3 is 1.44 bits per heavy atom. The number of Topliss-reactive ketones (excluding diaryl/α,β-unsaturated/α-hetero) is 1. The van der Waals surface area contributed by atoms with Gasteiger partial charge in [-0.2, -0.15) is 0 Å². The number of benzene rings is 6. The Morgan fingerprint density at radius 1 is 0.544 bits per heavy atom. The molecule has 57 heavy (non-hydrogen) atoms. The van der Waals surface area contributed by atoms with Crippen LogP contribution in [-0.2, 0) is 40.7 Å². The minimum Gasteiger partial charge on any atom is -0.489 e. The van der Waals surface area contributed by atoms with Crippen LogP contribution in [0.4, 0.5) is 0 Å². The zero-order chi connectivity index (χ0) is 40.0. The molecule has 0 aliphatic carbocycles. The number of carbonyl (C=O) groups excluding carboxylic acids is 2. The van der Waals surface area contributed by atoms with Gasteiger partial charge in [-0.15, -0.1) is 0 Å². The van der Waals surface area contributed by atoms with Crippen LogP contribution in [-0.4, -0.2) is 32.3 Å². The third-order valence-corrected chi connectivity index (χ3v) is 9.96. The van der Waals surface area contributed by atoms with Gasteiger partial charge in [-0.3, -0.25) is 9.59 Å². The van der Waals surface area contributed by atoms with E-state index in [4.69, 9.17) is 33.2 Å². The predicted molar refractivity (Wildman–Crippen MR) is 225 cm³/mol. The van der Waals surface area contributed by atoms with Gasteiger partial charge in [0.1, 0.15) is 60.9 Å². The second kappa shape index (κ2) is 20.5. The molecule has 0 radical (unpaired) electrons. The number of halogens is 1. The van der Waals surface area contributed by atoms with Crippen LogP contribution < -0.4 is 23.7 Å². The lowest BCUT2D eigenvalue weighted by Crippen LogP contribution is -2.31. The summed E-state index contributed by atoms with van der Waals surface area (Å²) in [5.41, 5.74) is 4.18. The van der Waals surface area contributed by atoms with Gasteiger partial charge in [0.25, 0.3) is 0 Å². The molecule has 0 saturated carbocycles. The number of ketones is 1. The predicted octanol–water partition coefficient (Wildman–Crippen LogP) is 10.1. The maximum atomic E-state index is 15.4. The highest BCUT2D eigenvalue weighted by Gasteiger charge is 2.39. The largest absolute Gasteiger partial charge is 0.489 e. The van der Waals surface area contributed by atoms with E-state index in [1.807, 2.05) is 144 Å². The van der Waals surface area contributed by atoms with Crippen molar-refractivity contribution in [2.24, 2.45) is 0 Å². The normalized spacial score (nSPS) is 11.5. The third-order valence-electron chi connectivity index (χ3n) is 8.94. The minimum absolute atomic E-state index is 0.00718. The summed E-state index contributed by atoms with van der Waals surface area (Å²) in [6.07, 6.45) is -1.11. The molecule has 0 saturated heterocycles. The van der Waals surface area contributed by atoms with Gasteiger partial charge in [0.2, 0.25) is 0 Å². The van der Waals surface area contributed by atoms with Crippen molar-refractivity contribution in [1.29, 1.82) is 0 Å². The zero-order valence-corrected chi connectivity index (χ0v) is 34.0. The van der Waals surface area contributed by atoms with Gasteiger partial charge in [0.15, 0.2) is 17.8 Å². The number of hydrogen-bond acceptors (Lipinski definition) is 9. The summed E-state index contributed by atoms with van der Waals surface area (Å²) in [7, 11) is 2.92.